The first-order chi connectivity index (χ1) is 18.6. The molecule has 5 aromatic rings. The molecule has 3 heterocycles. The molecule has 0 aliphatic rings. The molecule has 0 atom stereocenters. The van der Waals surface area contributed by atoms with E-state index in [0.29, 0.717) is 46.0 Å². The van der Waals surface area contributed by atoms with E-state index >= 15 is 0 Å². The first-order valence-corrected chi connectivity index (χ1v) is 11.8. The normalized spacial score (nSPS) is 11.0. The van der Waals surface area contributed by atoms with Crippen molar-refractivity contribution in [2.45, 2.75) is 20.1 Å². The summed E-state index contributed by atoms with van der Waals surface area (Å²) >= 11 is 0. The topological polar surface area (TPSA) is 108 Å². The third-order valence-electron chi connectivity index (χ3n) is 5.66. The van der Waals surface area contributed by atoms with Gasteiger partial charge in [-0.15, -0.1) is 5.10 Å². The van der Waals surface area contributed by atoms with Gasteiger partial charge in [0.2, 0.25) is 5.88 Å². The van der Waals surface area contributed by atoms with E-state index in [-0.39, 0.29) is 13.2 Å². The van der Waals surface area contributed by atoms with Crippen LogP contribution in [0.25, 0.3) is 23.4 Å². The highest BCUT2D eigenvalue weighted by atomic mass is 16.5. The number of para-hydroxylation sites is 1. The molecule has 0 aliphatic heterocycles. The van der Waals surface area contributed by atoms with Crippen LogP contribution in [-0.4, -0.2) is 21.9 Å². The van der Waals surface area contributed by atoms with Gasteiger partial charge in [0.25, 0.3) is 5.89 Å². The summed E-state index contributed by atoms with van der Waals surface area (Å²) in [7, 11) is 1.58. The van der Waals surface area contributed by atoms with Gasteiger partial charge in [-0.2, -0.15) is 5.26 Å². The van der Waals surface area contributed by atoms with Crippen LogP contribution in [0.1, 0.15) is 22.6 Å². The maximum Gasteiger partial charge on any atom is 0.263 e. The molecule has 9 heteroatoms. The third-order valence-corrected chi connectivity index (χ3v) is 5.66. The molecule has 0 saturated carbocycles. The van der Waals surface area contributed by atoms with Crippen LogP contribution in [0.2, 0.25) is 0 Å². The minimum Gasteiger partial charge on any atom is -0.493 e. The zero-order valence-electron chi connectivity index (χ0n) is 20.8. The number of ether oxygens (including phenoxy) is 3. The number of benzene rings is 2. The molecule has 3 aromatic heterocycles. The van der Waals surface area contributed by atoms with E-state index in [9.17, 15) is 0 Å². The van der Waals surface area contributed by atoms with Gasteiger partial charge in [0.15, 0.2) is 17.3 Å². The number of furan rings is 1. The van der Waals surface area contributed by atoms with E-state index in [1.807, 2.05) is 67.7 Å². The van der Waals surface area contributed by atoms with Crippen LogP contribution in [0.3, 0.4) is 0 Å². The molecule has 0 aliphatic carbocycles. The summed E-state index contributed by atoms with van der Waals surface area (Å²) in [6.07, 6.45) is 6.45. The maximum atomic E-state index is 8.97. The van der Waals surface area contributed by atoms with Crippen molar-refractivity contribution in [2.75, 3.05) is 7.11 Å². The predicted octanol–water partition coefficient (Wildman–Crippen LogP) is 6.13. The number of aryl methyl sites for hydroxylation is 1. The molecule has 0 bridgehead atoms. The van der Waals surface area contributed by atoms with Crippen LogP contribution in [-0.2, 0) is 13.2 Å². The third kappa shape index (κ3) is 5.44. The second kappa shape index (κ2) is 11.2. The first kappa shape index (κ1) is 24.5. The van der Waals surface area contributed by atoms with Gasteiger partial charge in [0, 0.05) is 12.3 Å². The Morgan fingerprint density at radius 3 is 2.66 bits per heavy atom. The Labute approximate surface area is 219 Å². The van der Waals surface area contributed by atoms with Crippen LogP contribution in [0.4, 0.5) is 0 Å². The van der Waals surface area contributed by atoms with Crippen molar-refractivity contribution in [3.8, 4) is 40.8 Å². The van der Waals surface area contributed by atoms with Crippen molar-refractivity contribution in [2.24, 2.45) is 0 Å². The van der Waals surface area contributed by atoms with E-state index in [1.165, 1.54) is 6.08 Å². The van der Waals surface area contributed by atoms with Crippen LogP contribution in [0.5, 0.6) is 17.4 Å². The molecule has 0 amide bonds. The lowest BCUT2D eigenvalue weighted by atomic mass is 10.2. The number of rotatable bonds is 10. The Balaban J connectivity index is 1.28. The summed E-state index contributed by atoms with van der Waals surface area (Å²) < 4.78 is 30.3. The van der Waals surface area contributed by atoms with E-state index in [4.69, 9.17) is 28.3 Å². The molecule has 0 radical (unpaired) electrons. The average molecular weight is 509 g/mol. The number of nitrogens with zero attached hydrogens (tertiary/aromatic N) is 4. The van der Waals surface area contributed by atoms with Gasteiger partial charge in [-0.25, -0.2) is 9.67 Å². The van der Waals surface area contributed by atoms with Crippen molar-refractivity contribution >= 4 is 6.08 Å². The van der Waals surface area contributed by atoms with Crippen LogP contribution < -0.4 is 14.2 Å². The SMILES string of the molecule is COc1cc(COc2nn(-c3ccccc3)cc2C=CC#N)ccc1OCc1nc(-c2ccco2)oc1C. The molecule has 9 nitrogen and oxygen atoms in total. The Morgan fingerprint density at radius 2 is 1.89 bits per heavy atom. The van der Waals surface area contributed by atoms with Crippen LogP contribution >= 0.6 is 0 Å². The fraction of sp³-hybridized carbons (Fsp3) is 0.138. The Morgan fingerprint density at radius 1 is 1.03 bits per heavy atom. The minimum absolute atomic E-state index is 0.202. The Bertz CT molecular complexity index is 1580. The fourth-order valence-corrected chi connectivity index (χ4v) is 3.72. The molecule has 2 aromatic carbocycles. The Hall–Kier alpha value is -5.23. The van der Waals surface area contributed by atoms with E-state index < -0.39 is 0 Å². The first-order valence-electron chi connectivity index (χ1n) is 11.8. The summed E-state index contributed by atoms with van der Waals surface area (Å²) in [5.74, 6) is 3.14. The Kier molecular flexibility index (Phi) is 7.23. The fourth-order valence-electron chi connectivity index (χ4n) is 3.72. The van der Waals surface area contributed by atoms with E-state index in [0.717, 1.165) is 11.3 Å². The molecule has 0 N–H and O–H groups in total. The van der Waals surface area contributed by atoms with Crippen molar-refractivity contribution in [3.63, 3.8) is 0 Å². The smallest absolute Gasteiger partial charge is 0.263 e. The lowest BCUT2D eigenvalue weighted by Crippen LogP contribution is -2.02. The highest BCUT2D eigenvalue weighted by Crippen LogP contribution is 2.31. The maximum absolute atomic E-state index is 8.97. The highest BCUT2D eigenvalue weighted by molar-refractivity contribution is 5.57. The average Bonchev–Trinajstić information content (AvgIpc) is 3.70. The predicted molar refractivity (Wildman–Crippen MR) is 139 cm³/mol. The number of oxazole rings is 1. The lowest BCUT2D eigenvalue weighted by molar-refractivity contribution is 0.275. The summed E-state index contributed by atoms with van der Waals surface area (Å²) in [4.78, 5) is 4.48. The van der Waals surface area contributed by atoms with Gasteiger partial charge in [-0.3, -0.25) is 0 Å². The van der Waals surface area contributed by atoms with Gasteiger partial charge >= 0.3 is 0 Å². The molecule has 0 spiro atoms. The number of methoxy groups -OCH3 is 1. The molecular formula is C29H24N4O5. The summed E-state index contributed by atoms with van der Waals surface area (Å²) in [6.45, 7) is 2.27. The van der Waals surface area contributed by atoms with Gasteiger partial charge in [-0.1, -0.05) is 24.3 Å². The van der Waals surface area contributed by atoms with Crippen LogP contribution in [0, 0.1) is 18.3 Å². The monoisotopic (exact) mass is 508 g/mol. The molecular weight excluding hydrogens is 484 g/mol. The van der Waals surface area contributed by atoms with Gasteiger partial charge in [-0.05, 0) is 55.0 Å². The summed E-state index contributed by atoms with van der Waals surface area (Å²) in [5, 5.41) is 13.5. The lowest BCUT2D eigenvalue weighted by Gasteiger charge is -2.12. The molecule has 38 heavy (non-hydrogen) atoms. The summed E-state index contributed by atoms with van der Waals surface area (Å²) in [6, 6.07) is 20.8. The van der Waals surface area contributed by atoms with E-state index in [1.54, 1.807) is 36.3 Å². The van der Waals surface area contributed by atoms with Gasteiger partial charge in [0.1, 0.15) is 24.7 Å². The molecule has 0 unspecified atom stereocenters. The van der Waals surface area contributed by atoms with Crippen LogP contribution in [0.15, 0.2) is 88.0 Å². The van der Waals surface area contributed by atoms with Gasteiger partial charge in [0.05, 0.1) is 30.7 Å². The second-order valence-electron chi connectivity index (χ2n) is 8.19. The summed E-state index contributed by atoms with van der Waals surface area (Å²) in [5.41, 5.74) is 3.10. The number of hydrogen-bond acceptors (Lipinski definition) is 8. The van der Waals surface area contributed by atoms with Crippen molar-refractivity contribution in [1.82, 2.24) is 14.8 Å². The van der Waals surface area contributed by atoms with Gasteiger partial charge < -0.3 is 23.0 Å². The van der Waals surface area contributed by atoms with Crippen molar-refractivity contribution < 1.29 is 23.0 Å². The van der Waals surface area contributed by atoms with Crippen molar-refractivity contribution in [3.05, 3.63) is 102 Å². The minimum atomic E-state index is 0.202. The standard InChI is InChI=1S/C29H24N4O5/c1-20-24(31-29(38-20)26-11-7-15-35-26)19-36-25-13-12-21(16-27(25)34-2)18-37-28-22(8-6-14-30)17-33(32-28)23-9-4-3-5-10-23/h3-13,15-17H,18-19H2,1-2H3. The number of nitriles is 1. The number of hydrogen-bond donors (Lipinski definition) is 0. The van der Waals surface area contributed by atoms with Crippen molar-refractivity contribution in [1.29, 1.82) is 5.26 Å². The van der Waals surface area contributed by atoms with E-state index in [2.05, 4.69) is 10.1 Å². The number of aromatic nitrogens is 3. The zero-order valence-corrected chi connectivity index (χ0v) is 20.8. The molecule has 0 fully saturated rings. The molecule has 0 saturated heterocycles. The quantitative estimate of drug-likeness (QED) is 0.207. The molecule has 190 valence electrons. The number of allylic oxidation sites excluding steroid dienone is 1. The highest BCUT2D eigenvalue weighted by Gasteiger charge is 2.16. The molecule has 5 rings (SSSR count). The second-order valence-corrected chi connectivity index (χ2v) is 8.19. The zero-order chi connectivity index (χ0) is 26.3. The largest absolute Gasteiger partial charge is 0.493 e.